The first-order valence-electron chi connectivity index (χ1n) is 10.3. The lowest BCUT2D eigenvalue weighted by atomic mass is 9.98. The van der Waals surface area contributed by atoms with E-state index in [0.717, 1.165) is 36.3 Å². The van der Waals surface area contributed by atoms with Crippen LogP contribution in [-0.2, 0) is 6.54 Å². The summed E-state index contributed by atoms with van der Waals surface area (Å²) in [6, 6.07) is 5.14. The molecule has 1 amide bonds. The van der Waals surface area contributed by atoms with Crippen LogP contribution in [0.4, 0.5) is 0 Å². The molecule has 3 heterocycles. The third-order valence-electron chi connectivity index (χ3n) is 5.86. The Labute approximate surface area is 169 Å². The number of benzene rings is 1. The fourth-order valence-electron chi connectivity index (χ4n) is 4.20. The highest BCUT2D eigenvalue weighted by Gasteiger charge is 2.37. The van der Waals surface area contributed by atoms with Gasteiger partial charge in [-0.2, -0.15) is 5.10 Å². The lowest BCUT2D eigenvalue weighted by Gasteiger charge is -2.36. The van der Waals surface area contributed by atoms with Gasteiger partial charge < -0.3 is 10.0 Å². The molecular formula is C22H25N5O2. The van der Waals surface area contributed by atoms with E-state index in [4.69, 9.17) is 10.1 Å². The summed E-state index contributed by atoms with van der Waals surface area (Å²) in [5.74, 6) is 2.54. The topological polar surface area (TPSA) is 84.1 Å². The van der Waals surface area contributed by atoms with E-state index in [9.17, 15) is 9.90 Å². The van der Waals surface area contributed by atoms with Crippen LogP contribution >= 0.6 is 0 Å². The minimum Gasteiger partial charge on any atom is -0.506 e. The van der Waals surface area contributed by atoms with Crippen molar-refractivity contribution in [2.75, 3.05) is 6.54 Å². The third-order valence-corrected chi connectivity index (χ3v) is 5.86. The van der Waals surface area contributed by atoms with Crippen molar-refractivity contribution in [1.82, 2.24) is 24.6 Å². The largest absolute Gasteiger partial charge is 0.506 e. The van der Waals surface area contributed by atoms with Crippen molar-refractivity contribution in [3.8, 4) is 5.75 Å². The number of aromatic nitrogens is 4. The van der Waals surface area contributed by atoms with Gasteiger partial charge in [-0.25, -0.2) is 9.67 Å². The molecule has 0 radical (unpaired) electrons. The number of rotatable bonds is 4. The second-order valence-electron chi connectivity index (χ2n) is 8.53. The zero-order valence-electron chi connectivity index (χ0n) is 16.7. The summed E-state index contributed by atoms with van der Waals surface area (Å²) in [5.41, 5.74) is 0.327. The standard InChI is InChI=1S/C22H25N5O2/c1-13(2)11-18-21-24-20(14-3-4-14)25-27(21)10-9-26(18)22(29)17-6-5-15-12-23-8-7-16(15)19(17)28/h5-8,12-14,18,28H,3-4,9-11H2,1-2H3/t18-/m0/s1. The summed E-state index contributed by atoms with van der Waals surface area (Å²) in [4.78, 5) is 24.3. The molecule has 0 unspecified atom stereocenters. The number of pyridine rings is 1. The van der Waals surface area contributed by atoms with Crippen LogP contribution in [0.5, 0.6) is 5.75 Å². The number of nitrogens with zero attached hydrogens (tertiary/aromatic N) is 5. The normalized spacial score (nSPS) is 19.0. The van der Waals surface area contributed by atoms with Gasteiger partial charge in [0.1, 0.15) is 11.6 Å². The van der Waals surface area contributed by atoms with Crippen molar-refractivity contribution >= 4 is 16.7 Å². The Bertz CT molecular complexity index is 1090. The minimum atomic E-state index is -0.158. The molecule has 1 fully saturated rings. The number of phenolic OH excluding ortho intramolecular Hbond substituents is 1. The zero-order valence-corrected chi connectivity index (χ0v) is 16.7. The van der Waals surface area contributed by atoms with Crippen LogP contribution in [0, 0.1) is 5.92 Å². The average Bonchev–Trinajstić information content (AvgIpc) is 3.47. The summed E-state index contributed by atoms with van der Waals surface area (Å²) in [5, 5.41) is 17.0. The summed E-state index contributed by atoms with van der Waals surface area (Å²) in [6.45, 7) is 5.50. The molecule has 1 N–H and O–H groups in total. The van der Waals surface area contributed by atoms with Gasteiger partial charge in [-0.3, -0.25) is 9.78 Å². The number of carbonyl (C=O) groups excluding carboxylic acids is 1. The number of aromatic hydroxyl groups is 1. The van der Waals surface area contributed by atoms with E-state index in [-0.39, 0.29) is 17.7 Å². The maximum Gasteiger partial charge on any atom is 0.258 e. The van der Waals surface area contributed by atoms with Crippen molar-refractivity contribution in [2.45, 2.75) is 51.6 Å². The van der Waals surface area contributed by atoms with E-state index >= 15 is 0 Å². The Hall–Kier alpha value is -2.96. The summed E-state index contributed by atoms with van der Waals surface area (Å²) in [7, 11) is 0. The van der Waals surface area contributed by atoms with Crippen molar-refractivity contribution in [2.24, 2.45) is 5.92 Å². The fourth-order valence-corrected chi connectivity index (χ4v) is 4.20. The zero-order chi connectivity index (χ0) is 20.1. The monoisotopic (exact) mass is 391 g/mol. The van der Waals surface area contributed by atoms with Gasteiger partial charge in [-0.1, -0.05) is 19.9 Å². The predicted octanol–water partition coefficient (Wildman–Crippen LogP) is 3.65. The van der Waals surface area contributed by atoms with Crippen LogP contribution in [-0.4, -0.2) is 42.2 Å². The van der Waals surface area contributed by atoms with E-state index in [1.807, 2.05) is 15.6 Å². The van der Waals surface area contributed by atoms with E-state index in [1.165, 1.54) is 0 Å². The first-order chi connectivity index (χ1) is 14.0. The lowest BCUT2D eigenvalue weighted by molar-refractivity contribution is 0.0576. The van der Waals surface area contributed by atoms with Crippen LogP contribution in [0.3, 0.4) is 0 Å². The molecule has 1 atom stereocenters. The van der Waals surface area contributed by atoms with Gasteiger partial charge in [0, 0.05) is 35.6 Å². The molecule has 0 saturated heterocycles. The van der Waals surface area contributed by atoms with E-state index in [2.05, 4.69) is 18.8 Å². The Morgan fingerprint density at radius 3 is 2.83 bits per heavy atom. The maximum atomic E-state index is 13.5. The first kappa shape index (κ1) is 18.1. The molecule has 0 spiro atoms. The predicted molar refractivity (Wildman–Crippen MR) is 109 cm³/mol. The molecular weight excluding hydrogens is 366 g/mol. The second-order valence-corrected chi connectivity index (χ2v) is 8.53. The lowest BCUT2D eigenvalue weighted by Crippen LogP contribution is -2.43. The number of amides is 1. The molecule has 2 aromatic heterocycles. The molecule has 29 heavy (non-hydrogen) atoms. The molecule has 1 aliphatic carbocycles. The van der Waals surface area contributed by atoms with Gasteiger partial charge in [-0.15, -0.1) is 0 Å². The number of phenols is 1. The number of hydrogen-bond donors (Lipinski definition) is 1. The molecule has 7 nitrogen and oxygen atoms in total. The highest BCUT2D eigenvalue weighted by atomic mass is 16.3. The molecule has 1 saturated carbocycles. The molecule has 1 aromatic carbocycles. The van der Waals surface area contributed by atoms with Gasteiger partial charge in [0.2, 0.25) is 0 Å². The van der Waals surface area contributed by atoms with E-state index in [0.29, 0.717) is 35.9 Å². The molecule has 0 bridgehead atoms. The molecule has 2 aliphatic rings. The van der Waals surface area contributed by atoms with Crippen molar-refractivity contribution in [1.29, 1.82) is 0 Å². The van der Waals surface area contributed by atoms with E-state index < -0.39 is 0 Å². The Kier molecular flexibility index (Phi) is 4.26. The van der Waals surface area contributed by atoms with Crippen LogP contribution in [0.15, 0.2) is 30.6 Å². The van der Waals surface area contributed by atoms with Gasteiger partial charge in [-0.05, 0) is 37.3 Å². The average molecular weight is 391 g/mol. The molecule has 5 rings (SSSR count). The molecule has 1 aliphatic heterocycles. The molecule has 150 valence electrons. The Balaban J connectivity index is 1.53. The Morgan fingerprint density at radius 2 is 2.07 bits per heavy atom. The third kappa shape index (κ3) is 3.14. The van der Waals surface area contributed by atoms with Crippen LogP contribution in [0.2, 0.25) is 0 Å². The highest BCUT2D eigenvalue weighted by Crippen LogP contribution is 2.40. The van der Waals surface area contributed by atoms with Crippen molar-refractivity contribution < 1.29 is 9.90 Å². The smallest absolute Gasteiger partial charge is 0.258 e. The summed E-state index contributed by atoms with van der Waals surface area (Å²) < 4.78 is 1.98. The quantitative estimate of drug-likeness (QED) is 0.734. The summed E-state index contributed by atoms with van der Waals surface area (Å²) in [6.07, 6.45) is 6.43. The number of carbonyl (C=O) groups is 1. The van der Waals surface area contributed by atoms with Crippen LogP contribution in [0.1, 0.15) is 67.1 Å². The second kappa shape index (κ2) is 6.83. The number of fused-ring (bicyclic) bond motifs is 2. The summed E-state index contributed by atoms with van der Waals surface area (Å²) >= 11 is 0. The fraction of sp³-hybridized carbons (Fsp3) is 0.455. The van der Waals surface area contributed by atoms with Gasteiger partial charge >= 0.3 is 0 Å². The molecule has 3 aromatic rings. The van der Waals surface area contributed by atoms with Gasteiger partial charge in [0.05, 0.1) is 18.2 Å². The van der Waals surface area contributed by atoms with E-state index in [1.54, 1.807) is 24.5 Å². The Morgan fingerprint density at radius 1 is 1.24 bits per heavy atom. The highest BCUT2D eigenvalue weighted by molar-refractivity contribution is 6.03. The number of hydrogen-bond acceptors (Lipinski definition) is 5. The maximum absolute atomic E-state index is 13.5. The van der Waals surface area contributed by atoms with Crippen LogP contribution < -0.4 is 0 Å². The van der Waals surface area contributed by atoms with Crippen molar-refractivity contribution in [3.63, 3.8) is 0 Å². The van der Waals surface area contributed by atoms with Gasteiger partial charge in [0.15, 0.2) is 5.82 Å². The first-order valence-corrected chi connectivity index (χ1v) is 10.3. The van der Waals surface area contributed by atoms with Crippen LogP contribution in [0.25, 0.3) is 10.8 Å². The van der Waals surface area contributed by atoms with Gasteiger partial charge in [0.25, 0.3) is 5.91 Å². The minimum absolute atomic E-state index is 0.0175. The SMILES string of the molecule is CC(C)C[C@H]1c2nc(C3CC3)nn2CCN1C(=O)c1ccc2cnccc2c1O. The van der Waals surface area contributed by atoms with Crippen molar-refractivity contribution in [3.05, 3.63) is 47.8 Å². The molecule has 7 heteroatoms.